The van der Waals surface area contributed by atoms with Gasteiger partial charge in [-0.15, -0.1) is 17.4 Å². The number of thioether (sulfide) groups is 1. The Hall–Kier alpha value is -2.26. The number of amides is 1. The van der Waals surface area contributed by atoms with Crippen LogP contribution in [-0.2, 0) is 44.0 Å². The van der Waals surface area contributed by atoms with Crippen molar-refractivity contribution in [3.05, 3.63) is 102 Å². The van der Waals surface area contributed by atoms with Crippen LogP contribution in [0.25, 0.3) is 17.1 Å². The van der Waals surface area contributed by atoms with Gasteiger partial charge in [0.1, 0.15) is 11.5 Å². The molecule has 6 nitrogen and oxygen atoms in total. The molecule has 0 saturated carbocycles. The van der Waals surface area contributed by atoms with Crippen molar-refractivity contribution in [2.24, 2.45) is 0 Å². The van der Waals surface area contributed by atoms with Crippen LogP contribution in [0, 0.1) is 5.82 Å². The first kappa shape index (κ1) is 26.0. The number of fused-ring (bicyclic) bond motifs is 2. The Bertz CT molecular complexity index is 1100. The van der Waals surface area contributed by atoms with Gasteiger partial charge in [0.2, 0.25) is 5.91 Å². The molecule has 4 aromatic rings. The molecule has 3 heterocycles. The van der Waals surface area contributed by atoms with Gasteiger partial charge in [0, 0.05) is 50.0 Å². The molecule has 5 rings (SSSR count). The van der Waals surface area contributed by atoms with Crippen LogP contribution in [0.1, 0.15) is 5.69 Å². The number of aromatic nitrogens is 2. The second kappa shape index (κ2) is 12.7. The zero-order chi connectivity index (χ0) is 22.2. The summed E-state index contributed by atoms with van der Waals surface area (Å²) in [5.41, 5.74) is 15.8. The maximum absolute atomic E-state index is 12.2. The zero-order valence-electron chi connectivity index (χ0n) is 17.5. The van der Waals surface area contributed by atoms with Gasteiger partial charge in [-0.3, -0.25) is 4.79 Å². The van der Waals surface area contributed by atoms with E-state index in [1.165, 1.54) is 31.3 Å². The van der Waals surface area contributed by atoms with Crippen molar-refractivity contribution in [1.82, 2.24) is 9.38 Å². The Morgan fingerprint density at radius 1 is 1.03 bits per heavy atom. The summed E-state index contributed by atoms with van der Waals surface area (Å²) in [6, 6.07) is 19.3. The quantitative estimate of drug-likeness (QED) is 0.315. The molecule has 0 atom stereocenters. The Labute approximate surface area is 216 Å². The van der Waals surface area contributed by atoms with Gasteiger partial charge in [-0.2, -0.15) is 7.05 Å². The van der Waals surface area contributed by atoms with E-state index >= 15 is 0 Å². The van der Waals surface area contributed by atoms with Gasteiger partial charge in [0.05, 0.1) is 23.7 Å². The largest absolute Gasteiger partial charge is 0.699 e. The second-order valence-electron chi connectivity index (χ2n) is 6.44. The topological polar surface area (TPSA) is 85.2 Å². The molecule has 1 aliphatic rings. The summed E-state index contributed by atoms with van der Waals surface area (Å²) in [6.07, 6.45) is 3.95. The van der Waals surface area contributed by atoms with Crippen molar-refractivity contribution in [2.45, 2.75) is 11.4 Å². The standard InChI is InChI=1S/C16H13N3OS.C6H5FN.CH4N.Y/c20-16-11-21-14-6-2-1-5-13(14)19(16)10-12-9-18-8-4-3-7-15(18)17-12;7-5-1-3-6(8)4-2-5;1-2;/h1-9H,10-11H2;1-4,8H;2H,1H3;/q;2*-1;. The molecule has 2 aromatic heterocycles. The number of nitrogens with one attached hydrogen (secondary N) is 2. The number of hydrogen-bond acceptors (Lipinski definition) is 3. The molecule has 0 unspecified atom stereocenters. The van der Waals surface area contributed by atoms with Gasteiger partial charge in [-0.25, -0.2) is 9.37 Å². The average molecular weight is 524 g/mol. The summed E-state index contributed by atoms with van der Waals surface area (Å²) >= 11 is 1.60. The number of para-hydroxylation sites is 1. The molecule has 2 aromatic carbocycles. The van der Waals surface area contributed by atoms with Crippen LogP contribution in [0.5, 0.6) is 0 Å². The molecule has 0 fully saturated rings. The summed E-state index contributed by atoms with van der Waals surface area (Å²) in [4.78, 5) is 19.8. The molecule has 0 bridgehead atoms. The SMILES string of the molecule is C[NH-].O=C1CSc2ccccc2N1Cc1cn2ccccc2n1.[NH-]c1ccc(F)cc1.[Y]. The van der Waals surface area contributed by atoms with Crippen LogP contribution in [0.2, 0.25) is 0 Å². The predicted octanol–water partition coefficient (Wildman–Crippen LogP) is 6.15. The molecule has 0 aliphatic carbocycles. The molecule has 1 radical (unpaired) electrons. The fraction of sp³-hybridized carbons (Fsp3) is 0.130. The monoisotopic (exact) mass is 524 g/mol. The number of pyridine rings is 1. The number of benzene rings is 2. The minimum absolute atomic E-state index is 0. The van der Waals surface area contributed by atoms with E-state index in [2.05, 4.69) is 11.1 Å². The van der Waals surface area contributed by atoms with Gasteiger partial charge >= 0.3 is 0 Å². The number of anilines is 1. The van der Waals surface area contributed by atoms with Gasteiger partial charge in [0.15, 0.2) is 0 Å². The van der Waals surface area contributed by atoms with Crippen molar-refractivity contribution in [3.8, 4) is 0 Å². The Morgan fingerprint density at radius 3 is 2.41 bits per heavy atom. The smallest absolute Gasteiger partial charge is 0.237 e. The molecular weight excluding hydrogens is 502 g/mol. The summed E-state index contributed by atoms with van der Waals surface area (Å²) in [5.74, 6) is 0.335. The predicted molar refractivity (Wildman–Crippen MR) is 124 cm³/mol. The fourth-order valence-corrected chi connectivity index (χ4v) is 3.94. The van der Waals surface area contributed by atoms with Crippen molar-refractivity contribution < 1.29 is 41.9 Å². The summed E-state index contributed by atoms with van der Waals surface area (Å²) < 4.78 is 14.0. The van der Waals surface area contributed by atoms with Gasteiger partial charge in [0.25, 0.3) is 0 Å². The van der Waals surface area contributed by atoms with E-state index in [1.54, 1.807) is 11.8 Å². The Morgan fingerprint density at radius 2 is 1.72 bits per heavy atom. The van der Waals surface area contributed by atoms with Crippen molar-refractivity contribution in [2.75, 3.05) is 17.7 Å². The third-order valence-corrected chi connectivity index (χ3v) is 5.43. The van der Waals surface area contributed by atoms with E-state index in [1.807, 2.05) is 58.1 Å². The molecule has 32 heavy (non-hydrogen) atoms. The Kier molecular flexibility index (Phi) is 10.3. The molecule has 2 N–H and O–H groups in total. The number of carbonyl (C=O) groups excluding carboxylic acids is 1. The minimum Gasteiger partial charge on any atom is -0.699 e. The van der Waals surface area contributed by atoms with Gasteiger partial charge in [-0.1, -0.05) is 30.3 Å². The van der Waals surface area contributed by atoms with Crippen LogP contribution in [0.4, 0.5) is 15.8 Å². The summed E-state index contributed by atoms with van der Waals surface area (Å²) in [5, 5.41) is 0. The van der Waals surface area contributed by atoms with E-state index in [0.717, 1.165) is 21.9 Å². The third-order valence-electron chi connectivity index (χ3n) is 4.39. The minimum atomic E-state index is -0.291. The van der Waals surface area contributed by atoms with E-state index < -0.39 is 0 Å². The van der Waals surface area contributed by atoms with Crippen molar-refractivity contribution in [1.29, 1.82) is 0 Å². The molecule has 1 amide bonds. The van der Waals surface area contributed by atoms with E-state index in [4.69, 9.17) is 11.5 Å². The van der Waals surface area contributed by atoms with E-state index in [0.29, 0.717) is 18.0 Å². The van der Waals surface area contributed by atoms with E-state index in [9.17, 15) is 9.18 Å². The molecular formula is C23H22FN5OSY-2. The van der Waals surface area contributed by atoms with Crippen LogP contribution in [-0.4, -0.2) is 28.1 Å². The molecule has 1 aliphatic heterocycles. The maximum Gasteiger partial charge on any atom is 0.237 e. The molecule has 163 valence electrons. The maximum atomic E-state index is 12.2. The average Bonchev–Trinajstić information content (AvgIpc) is 3.22. The number of imidazole rings is 1. The first-order chi connectivity index (χ1) is 15.1. The Balaban J connectivity index is 0.000000280. The van der Waals surface area contributed by atoms with Gasteiger partial charge < -0.3 is 20.8 Å². The van der Waals surface area contributed by atoms with Crippen LogP contribution in [0.3, 0.4) is 0 Å². The van der Waals surface area contributed by atoms with E-state index in [-0.39, 0.29) is 44.4 Å². The second-order valence-corrected chi connectivity index (χ2v) is 7.46. The van der Waals surface area contributed by atoms with Crippen LogP contribution in [0.15, 0.2) is 84.0 Å². The molecule has 9 heteroatoms. The van der Waals surface area contributed by atoms with Crippen molar-refractivity contribution >= 4 is 34.7 Å². The fourth-order valence-electron chi connectivity index (χ4n) is 3.00. The summed E-state index contributed by atoms with van der Waals surface area (Å²) in [6.45, 7) is 0.512. The van der Waals surface area contributed by atoms with Crippen LogP contribution < -0.4 is 4.90 Å². The zero-order valence-corrected chi connectivity index (χ0v) is 21.2. The number of hydrogen-bond donors (Lipinski definition) is 0. The summed E-state index contributed by atoms with van der Waals surface area (Å²) in [7, 11) is 1.25. The number of rotatable bonds is 2. The number of nitrogens with zero attached hydrogens (tertiary/aromatic N) is 3. The van der Waals surface area contributed by atoms with Crippen molar-refractivity contribution in [3.63, 3.8) is 0 Å². The van der Waals surface area contributed by atoms with Crippen LogP contribution >= 0.6 is 11.8 Å². The first-order valence-electron chi connectivity index (χ1n) is 9.52. The third kappa shape index (κ3) is 6.62. The molecule has 0 spiro atoms. The van der Waals surface area contributed by atoms with Gasteiger partial charge in [-0.05, 0) is 36.4 Å². The molecule has 0 saturated heterocycles. The normalized spacial score (nSPS) is 12.0. The number of carbonyl (C=O) groups is 1. The number of halogens is 1. The first-order valence-corrected chi connectivity index (χ1v) is 10.5.